The second-order valence-electron chi connectivity index (χ2n) is 3.07. The summed E-state index contributed by atoms with van der Waals surface area (Å²) in [5.74, 6) is -0.437. The van der Waals surface area contributed by atoms with Gasteiger partial charge in [-0.3, -0.25) is 4.79 Å². The lowest BCUT2D eigenvalue weighted by molar-refractivity contribution is 0.556. The van der Waals surface area contributed by atoms with Crippen molar-refractivity contribution in [1.82, 2.24) is 15.0 Å². The van der Waals surface area contributed by atoms with Crippen molar-refractivity contribution in [3.8, 4) is 0 Å². The van der Waals surface area contributed by atoms with E-state index in [9.17, 15) is 9.18 Å². The van der Waals surface area contributed by atoms with Crippen molar-refractivity contribution < 1.29 is 4.39 Å². The van der Waals surface area contributed by atoms with Crippen LogP contribution in [0.2, 0.25) is 0 Å². The second-order valence-corrected chi connectivity index (χ2v) is 3.07. The quantitative estimate of drug-likeness (QED) is 0.747. The van der Waals surface area contributed by atoms with E-state index in [1.807, 2.05) is 0 Å². The number of benzene rings is 1. The first-order chi connectivity index (χ1) is 7.22. The van der Waals surface area contributed by atoms with Gasteiger partial charge in [-0.2, -0.15) is 0 Å². The van der Waals surface area contributed by atoms with Crippen LogP contribution in [0, 0.1) is 5.82 Å². The molecule has 78 valence electrons. The molecular weight excluding hydrogens is 199 g/mol. The molecule has 0 saturated heterocycles. The van der Waals surface area contributed by atoms with Crippen LogP contribution in [0.4, 0.5) is 4.39 Å². The fourth-order valence-electron chi connectivity index (χ4n) is 1.32. The number of rotatable bonds is 2. The molecule has 0 unspecified atom stereocenters. The zero-order chi connectivity index (χ0) is 10.8. The van der Waals surface area contributed by atoms with Crippen LogP contribution in [0.25, 0.3) is 10.9 Å². The van der Waals surface area contributed by atoms with Gasteiger partial charge in [-0.25, -0.2) is 9.07 Å². The predicted octanol–water partition coefficient (Wildman–Crippen LogP) is -0.111. The summed E-state index contributed by atoms with van der Waals surface area (Å²) in [5, 5.41) is 7.73. The van der Waals surface area contributed by atoms with E-state index in [1.54, 1.807) is 0 Å². The van der Waals surface area contributed by atoms with E-state index >= 15 is 0 Å². The van der Waals surface area contributed by atoms with E-state index in [2.05, 4.69) is 10.3 Å². The van der Waals surface area contributed by atoms with Gasteiger partial charge in [-0.1, -0.05) is 5.21 Å². The Morgan fingerprint density at radius 1 is 1.47 bits per heavy atom. The summed E-state index contributed by atoms with van der Waals surface area (Å²) in [4.78, 5) is 11.7. The molecule has 15 heavy (non-hydrogen) atoms. The van der Waals surface area contributed by atoms with Crippen LogP contribution >= 0.6 is 0 Å². The van der Waals surface area contributed by atoms with Gasteiger partial charge in [0.15, 0.2) is 0 Å². The molecule has 6 heteroatoms. The number of aromatic nitrogens is 3. The fourth-order valence-corrected chi connectivity index (χ4v) is 1.32. The summed E-state index contributed by atoms with van der Waals surface area (Å²) in [5.41, 5.74) is 5.27. The van der Waals surface area contributed by atoms with Gasteiger partial charge in [0, 0.05) is 12.6 Å². The van der Waals surface area contributed by atoms with E-state index < -0.39 is 5.82 Å². The Labute approximate surface area is 84.3 Å². The standard InChI is InChI=1S/C9H9FN4O/c10-6-1-2-7-8(5-6)12-13-14(4-3-11)9(7)15/h1-2,5H,3-4,11H2. The van der Waals surface area contributed by atoms with Gasteiger partial charge in [0.2, 0.25) is 0 Å². The van der Waals surface area contributed by atoms with E-state index in [1.165, 1.54) is 22.9 Å². The molecule has 1 aromatic carbocycles. The highest BCUT2D eigenvalue weighted by atomic mass is 19.1. The van der Waals surface area contributed by atoms with Crippen LogP contribution in [-0.2, 0) is 6.54 Å². The maximum absolute atomic E-state index is 12.8. The van der Waals surface area contributed by atoms with Crippen LogP contribution in [0.5, 0.6) is 0 Å². The molecule has 0 radical (unpaired) electrons. The van der Waals surface area contributed by atoms with E-state index in [0.717, 1.165) is 0 Å². The summed E-state index contributed by atoms with van der Waals surface area (Å²) in [6.45, 7) is 0.612. The van der Waals surface area contributed by atoms with Gasteiger partial charge in [-0.05, 0) is 12.1 Å². The molecule has 0 atom stereocenters. The third-order valence-corrected chi connectivity index (χ3v) is 2.03. The zero-order valence-electron chi connectivity index (χ0n) is 7.85. The predicted molar refractivity (Wildman–Crippen MR) is 52.8 cm³/mol. The number of hydrogen-bond donors (Lipinski definition) is 1. The van der Waals surface area contributed by atoms with Crippen LogP contribution in [0.3, 0.4) is 0 Å². The third-order valence-electron chi connectivity index (χ3n) is 2.03. The highest BCUT2D eigenvalue weighted by Gasteiger charge is 2.05. The normalized spacial score (nSPS) is 10.8. The number of nitrogens with zero attached hydrogens (tertiary/aromatic N) is 3. The molecule has 2 aromatic rings. The average molecular weight is 208 g/mol. The summed E-state index contributed by atoms with van der Waals surface area (Å²) in [6.07, 6.45) is 0. The molecule has 2 N–H and O–H groups in total. The Morgan fingerprint density at radius 3 is 3.00 bits per heavy atom. The summed E-state index contributed by atoms with van der Waals surface area (Å²) in [7, 11) is 0. The van der Waals surface area contributed by atoms with Crippen molar-refractivity contribution in [2.45, 2.75) is 6.54 Å². The fraction of sp³-hybridized carbons (Fsp3) is 0.222. The molecule has 0 aliphatic rings. The first-order valence-corrected chi connectivity index (χ1v) is 4.45. The van der Waals surface area contributed by atoms with Crippen LogP contribution < -0.4 is 11.3 Å². The van der Waals surface area contributed by atoms with E-state index in [-0.39, 0.29) is 11.1 Å². The topological polar surface area (TPSA) is 73.8 Å². The van der Waals surface area contributed by atoms with Gasteiger partial charge in [-0.15, -0.1) is 5.10 Å². The molecule has 0 fully saturated rings. The third kappa shape index (κ3) is 1.71. The molecule has 1 aromatic heterocycles. The Bertz CT molecular complexity index is 551. The molecule has 1 heterocycles. The van der Waals surface area contributed by atoms with Crippen molar-refractivity contribution >= 4 is 10.9 Å². The van der Waals surface area contributed by atoms with Gasteiger partial charge in [0.25, 0.3) is 5.56 Å². The van der Waals surface area contributed by atoms with E-state index in [4.69, 9.17) is 5.73 Å². The Morgan fingerprint density at radius 2 is 2.27 bits per heavy atom. The van der Waals surface area contributed by atoms with Gasteiger partial charge in [0.05, 0.1) is 11.9 Å². The molecule has 0 aliphatic carbocycles. The highest BCUT2D eigenvalue weighted by molar-refractivity contribution is 5.76. The van der Waals surface area contributed by atoms with Crippen molar-refractivity contribution in [3.63, 3.8) is 0 Å². The molecule has 0 bridgehead atoms. The van der Waals surface area contributed by atoms with Crippen molar-refractivity contribution in [1.29, 1.82) is 0 Å². The Hall–Kier alpha value is -1.82. The second kappa shape index (κ2) is 3.74. The van der Waals surface area contributed by atoms with E-state index in [0.29, 0.717) is 18.5 Å². The Kier molecular flexibility index (Phi) is 2.42. The van der Waals surface area contributed by atoms with Crippen LogP contribution in [0.1, 0.15) is 0 Å². The minimum Gasteiger partial charge on any atom is -0.329 e. The maximum atomic E-state index is 12.8. The lowest BCUT2D eigenvalue weighted by atomic mass is 10.2. The van der Waals surface area contributed by atoms with Gasteiger partial charge >= 0.3 is 0 Å². The minimum atomic E-state index is -0.437. The number of hydrogen-bond acceptors (Lipinski definition) is 4. The summed E-state index contributed by atoms with van der Waals surface area (Å²) in [6, 6.07) is 3.80. The molecule has 0 aliphatic heterocycles. The Balaban J connectivity index is 2.69. The molecule has 0 saturated carbocycles. The number of halogens is 1. The minimum absolute atomic E-state index is 0.258. The lowest BCUT2D eigenvalue weighted by Gasteiger charge is -2.02. The maximum Gasteiger partial charge on any atom is 0.277 e. The van der Waals surface area contributed by atoms with Gasteiger partial charge < -0.3 is 5.73 Å². The van der Waals surface area contributed by atoms with Crippen molar-refractivity contribution in [2.24, 2.45) is 5.73 Å². The van der Waals surface area contributed by atoms with Crippen LogP contribution in [0.15, 0.2) is 23.0 Å². The molecular formula is C9H9FN4O. The van der Waals surface area contributed by atoms with Crippen LogP contribution in [-0.4, -0.2) is 21.5 Å². The first-order valence-electron chi connectivity index (χ1n) is 4.45. The molecule has 0 spiro atoms. The molecule has 0 amide bonds. The smallest absolute Gasteiger partial charge is 0.277 e. The number of fused-ring (bicyclic) bond motifs is 1. The zero-order valence-corrected chi connectivity index (χ0v) is 7.85. The SMILES string of the molecule is NCCn1nnc2cc(F)ccc2c1=O. The molecule has 5 nitrogen and oxygen atoms in total. The van der Waals surface area contributed by atoms with Gasteiger partial charge in [0.1, 0.15) is 11.3 Å². The lowest BCUT2D eigenvalue weighted by Crippen LogP contribution is -2.27. The summed E-state index contributed by atoms with van der Waals surface area (Å²) < 4.78 is 14.0. The van der Waals surface area contributed by atoms with Crippen molar-refractivity contribution in [2.75, 3.05) is 6.54 Å². The highest BCUT2D eigenvalue weighted by Crippen LogP contribution is 2.07. The summed E-state index contributed by atoms with van der Waals surface area (Å²) >= 11 is 0. The average Bonchev–Trinajstić information content (AvgIpc) is 2.22. The van der Waals surface area contributed by atoms with Crippen molar-refractivity contribution in [3.05, 3.63) is 34.4 Å². The largest absolute Gasteiger partial charge is 0.329 e. The first kappa shape index (κ1) is 9.72. The number of nitrogens with two attached hydrogens (primary N) is 1. The molecule has 2 rings (SSSR count). The monoisotopic (exact) mass is 208 g/mol.